The lowest BCUT2D eigenvalue weighted by molar-refractivity contribution is 0.0516. The van der Waals surface area contributed by atoms with Gasteiger partial charge in [-0.05, 0) is 279 Å². The third-order valence-electron chi connectivity index (χ3n) is 21.3. The van der Waals surface area contributed by atoms with E-state index in [9.17, 15) is 38.4 Å². The quantitative estimate of drug-likeness (QED) is 0.0198. The maximum absolute atomic E-state index is 12.9. The van der Waals surface area contributed by atoms with Gasteiger partial charge in [-0.15, -0.1) is 0 Å². The molecule has 0 saturated heterocycles. The van der Waals surface area contributed by atoms with Crippen molar-refractivity contribution in [1.29, 1.82) is 0 Å². The van der Waals surface area contributed by atoms with Crippen LogP contribution in [-0.2, 0) is 37.9 Å². The van der Waals surface area contributed by atoms with Crippen LogP contribution in [0.5, 0.6) is 23.0 Å². The predicted octanol–water partition coefficient (Wildman–Crippen LogP) is 22.1. The average Bonchev–Trinajstić information content (AvgIpc) is 0.787. The predicted molar refractivity (Wildman–Crippen MR) is 483 cm³/mol. The Bertz CT molecular complexity index is 4940. The molecule has 13 rings (SSSR count). The number of rotatable bonds is 38. The minimum Gasteiger partial charge on any atom is -0.481 e. The summed E-state index contributed by atoms with van der Waals surface area (Å²) in [6.45, 7) is 15.7. The van der Waals surface area contributed by atoms with E-state index < -0.39 is 84.0 Å². The largest absolute Gasteiger partial charge is 0.481 e. The summed E-state index contributed by atoms with van der Waals surface area (Å²) in [7, 11) is 0. The molecule has 650 valence electrons. The Morgan fingerprint density at radius 3 is 0.367 bits per heavy atom. The van der Waals surface area contributed by atoms with E-state index in [1.165, 1.54) is 0 Å². The highest BCUT2D eigenvalue weighted by atomic mass is 16.6. The zero-order chi connectivity index (χ0) is 90.0. The molecule has 0 N–H and O–H groups in total. The molecule has 20 heteroatoms. The first kappa shape index (κ1) is 90.5. The molecule has 0 radical (unpaired) electrons. The van der Waals surface area contributed by atoms with Crippen molar-refractivity contribution in [3.8, 4) is 23.0 Å². The SMILES string of the molecule is CCOC(=O)c1ccc(C(Oc2ccc(C(c3ccc(OC(c4ccc(C(=O)OCC)cc4)c4ccc(C(=O)OCC)cc4)cc3)c3ccc(C(c4ccc(OC(c5ccc(C(=O)OCC)cc5)c5ccc(C(=O)OCC)cc5)cc4)c4ccc(OC(c5ccc(C(=O)OCC)cc5)c5ccc(C(=O)OCC)cc5)cc4)cc3)cc2)c2ccc(C(=O)OCC)cc2)cc1. The van der Waals surface area contributed by atoms with E-state index in [2.05, 4.69) is 24.3 Å². The number of carbonyl (C=O) groups is 8. The fourth-order valence-electron chi connectivity index (χ4n) is 14.9. The van der Waals surface area contributed by atoms with Crippen molar-refractivity contribution in [3.05, 3.63) is 438 Å². The van der Waals surface area contributed by atoms with E-state index in [0.717, 1.165) is 77.9 Å². The van der Waals surface area contributed by atoms with E-state index in [4.69, 9.17) is 56.8 Å². The van der Waals surface area contributed by atoms with Crippen LogP contribution in [0.2, 0.25) is 0 Å². The molecule has 0 aliphatic rings. The minimum atomic E-state index is -0.716. The maximum atomic E-state index is 12.9. The number of benzene rings is 13. The standard InChI is InChI=1S/C108H98O20/c1-9-117-101(109)83-37-21-75(22-38-83)97(76-23-39-84(40-24-76)102(110)118-10-2)125-91-61-53-71(54-62-91)95(72-55-63-92(64-56-72)126-98(77-25-41-85(42-26-77)103(111)119-11-3)78-27-43-86(44-28-78)104(112)120-12-4)69-17-19-70(20-18-69)96(73-57-65-93(66-58-73)127-99(79-29-45-87(46-30-79)105(113)121-13-5)80-31-47-88(48-32-80)106(114)122-14-6)74-59-67-94(68-60-74)128-100(81-33-49-89(50-34-81)107(115)123-15-7)82-35-51-90(52-36-82)108(116)124-16-8/h17-68,95-100H,9-16H2,1-8H3. The molecule has 0 spiro atoms. The molecule has 0 heterocycles. The second-order valence-corrected chi connectivity index (χ2v) is 29.5. The highest BCUT2D eigenvalue weighted by Gasteiger charge is 2.28. The van der Waals surface area contributed by atoms with Gasteiger partial charge in [0.05, 0.1) is 97.4 Å². The van der Waals surface area contributed by atoms with Crippen LogP contribution in [0, 0.1) is 0 Å². The highest BCUT2D eigenvalue weighted by Crippen LogP contribution is 2.42. The van der Waals surface area contributed by atoms with E-state index in [0.29, 0.717) is 67.5 Å². The van der Waals surface area contributed by atoms with E-state index in [1.54, 1.807) is 152 Å². The molecule has 0 saturated carbocycles. The van der Waals surface area contributed by atoms with Gasteiger partial charge in [0, 0.05) is 11.8 Å². The zero-order valence-corrected chi connectivity index (χ0v) is 72.3. The Labute approximate surface area is 744 Å². The Hall–Kier alpha value is -15.2. The topological polar surface area (TPSA) is 247 Å². The lowest BCUT2D eigenvalue weighted by atomic mass is 9.81. The normalized spacial score (nSPS) is 11.1. The summed E-state index contributed by atoms with van der Waals surface area (Å²) < 4.78 is 70.5. The van der Waals surface area contributed by atoms with Crippen LogP contribution in [0.3, 0.4) is 0 Å². The Kier molecular flexibility index (Phi) is 31.1. The summed E-state index contributed by atoms with van der Waals surface area (Å²) in [5, 5.41) is 0. The number of carbonyl (C=O) groups excluding carboxylic acids is 8. The van der Waals surface area contributed by atoms with Crippen molar-refractivity contribution in [2.24, 2.45) is 0 Å². The Morgan fingerprint density at radius 1 is 0.156 bits per heavy atom. The molecule has 13 aromatic rings. The van der Waals surface area contributed by atoms with Gasteiger partial charge in [0.25, 0.3) is 0 Å². The number of ether oxygens (including phenoxy) is 12. The first-order valence-corrected chi connectivity index (χ1v) is 42.7. The van der Waals surface area contributed by atoms with E-state index >= 15 is 0 Å². The van der Waals surface area contributed by atoms with Gasteiger partial charge in [-0.25, -0.2) is 38.4 Å². The summed E-state index contributed by atoms with van der Waals surface area (Å²) >= 11 is 0. The fourth-order valence-corrected chi connectivity index (χ4v) is 14.9. The molecular weight excluding hydrogens is 1620 g/mol. The summed E-state index contributed by atoms with van der Waals surface area (Å²) in [4.78, 5) is 103. The summed E-state index contributed by atoms with van der Waals surface area (Å²) in [5.41, 5.74) is 14.2. The van der Waals surface area contributed by atoms with Crippen LogP contribution in [0.25, 0.3) is 0 Å². The van der Waals surface area contributed by atoms with Gasteiger partial charge in [-0.1, -0.05) is 170 Å². The molecule has 0 aromatic heterocycles. The monoisotopic (exact) mass is 1710 g/mol. The van der Waals surface area contributed by atoms with Gasteiger partial charge in [0.1, 0.15) is 47.4 Å². The summed E-state index contributed by atoms with van der Waals surface area (Å²) in [5.74, 6) is -2.47. The molecule has 0 aliphatic heterocycles. The minimum absolute atomic E-state index is 0.211. The first-order valence-electron chi connectivity index (χ1n) is 42.7. The molecule has 0 fully saturated rings. The first-order chi connectivity index (χ1) is 62.4. The van der Waals surface area contributed by atoms with Crippen molar-refractivity contribution in [2.75, 3.05) is 52.9 Å². The van der Waals surface area contributed by atoms with Crippen LogP contribution >= 0.6 is 0 Å². The van der Waals surface area contributed by atoms with Crippen LogP contribution in [0.1, 0.15) is 252 Å². The molecule has 0 amide bonds. The van der Waals surface area contributed by atoms with Crippen molar-refractivity contribution in [2.45, 2.75) is 91.6 Å². The molecule has 20 nitrogen and oxygen atoms in total. The molecule has 128 heavy (non-hydrogen) atoms. The van der Waals surface area contributed by atoms with Crippen molar-refractivity contribution < 1.29 is 95.2 Å². The van der Waals surface area contributed by atoms with Gasteiger partial charge in [-0.3, -0.25) is 0 Å². The van der Waals surface area contributed by atoms with Crippen molar-refractivity contribution in [1.82, 2.24) is 0 Å². The lowest BCUT2D eigenvalue weighted by Gasteiger charge is -2.25. The average molecular weight is 1720 g/mol. The molecule has 0 atom stereocenters. The second kappa shape index (κ2) is 43.9. The maximum Gasteiger partial charge on any atom is 0.338 e. The van der Waals surface area contributed by atoms with Gasteiger partial charge >= 0.3 is 47.8 Å². The van der Waals surface area contributed by atoms with Crippen molar-refractivity contribution >= 4 is 47.8 Å². The molecule has 0 bridgehead atoms. The fraction of sp³-hybridized carbons (Fsp3) is 0.204. The van der Waals surface area contributed by atoms with Crippen LogP contribution in [-0.4, -0.2) is 101 Å². The van der Waals surface area contributed by atoms with Crippen molar-refractivity contribution in [3.63, 3.8) is 0 Å². The third-order valence-corrected chi connectivity index (χ3v) is 21.3. The molecule has 13 aromatic carbocycles. The summed E-state index contributed by atoms with van der Waals surface area (Å²) in [6.07, 6.45) is -2.86. The molecule has 0 aliphatic carbocycles. The van der Waals surface area contributed by atoms with E-state index in [1.807, 2.05) is 194 Å². The van der Waals surface area contributed by atoms with Crippen LogP contribution < -0.4 is 18.9 Å². The molecular formula is C108H98O20. The Balaban J connectivity index is 0.900. The smallest absolute Gasteiger partial charge is 0.338 e. The van der Waals surface area contributed by atoms with Gasteiger partial charge in [-0.2, -0.15) is 0 Å². The van der Waals surface area contributed by atoms with Crippen LogP contribution in [0.15, 0.2) is 315 Å². The number of esters is 8. The zero-order valence-electron chi connectivity index (χ0n) is 72.3. The van der Waals surface area contributed by atoms with Gasteiger partial charge in [0.2, 0.25) is 0 Å². The second-order valence-electron chi connectivity index (χ2n) is 29.5. The lowest BCUT2D eigenvalue weighted by Crippen LogP contribution is -2.12. The van der Waals surface area contributed by atoms with Gasteiger partial charge < -0.3 is 56.8 Å². The van der Waals surface area contributed by atoms with Gasteiger partial charge in [0.15, 0.2) is 0 Å². The van der Waals surface area contributed by atoms with E-state index in [-0.39, 0.29) is 52.9 Å². The highest BCUT2D eigenvalue weighted by molar-refractivity contribution is 5.93. The molecule has 0 unspecified atom stereocenters. The number of hydrogen-bond acceptors (Lipinski definition) is 20. The Morgan fingerprint density at radius 2 is 0.258 bits per heavy atom. The summed E-state index contributed by atoms with van der Waals surface area (Å²) in [6, 6.07) is 96.3. The van der Waals surface area contributed by atoms with Crippen LogP contribution in [0.4, 0.5) is 0 Å². The third kappa shape index (κ3) is 22.7. The number of hydrogen-bond donors (Lipinski definition) is 0.